The van der Waals surface area contributed by atoms with Crippen molar-refractivity contribution in [3.63, 3.8) is 0 Å². The minimum Gasteiger partial charge on any atom is -0.246 e. The second-order valence-electron chi connectivity index (χ2n) is 11.8. The maximum Gasteiger partial charge on any atom is 0.165 e. The maximum absolute atomic E-state index is 5.19. The van der Waals surface area contributed by atoms with E-state index in [0.29, 0.717) is 17.5 Å². The van der Waals surface area contributed by atoms with Crippen LogP contribution in [-0.4, -0.2) is 19.9 Å². The van der Waals surface area contributed by atoms with Crippen LogP contribution in [0.15, 0.2) is 146 Å². The minimum absolute atomic E-state index is 0.653. The zero-order chi connectivity index (χ0) is 31.6. The highest BCUT2D eigenvalue weighted by Gasteiger charge is 2.19. The number of hydrogen-bond acceptors (Lipinski definition) is 6. The number of rotatable bonds is 4. The molecule has 4 nitrogen and oxygen atoms in total. The van der Waals surface area contributed by atoms with Crippen LogP contribution in [0.2, 0.25) is 0 Å². The van der Waals surface area contributed by atoms with E-state index in [9.17, 15) is 0 Å². The van der Waals surface area contributed by atoms with Crippen molar-refractivity contribution in [1.29, 1.82) is 0 Å². The molecule has 224 valence electrons. The van der Waals surface area contributed by atoms with Crippen LogP contribution in [0.25, 0.3) is 96.7 Å². The Kier molecular flexibility index (Phi) is 6.19. The zero-order valence-corrected chi connectivity index (χ0v) is 27.1. The Morgan fingerprint density at radius 2 is 1.00 bits per heavy atom. The predicted octanol–water partition coefficient (Wildman–Crippen LogP) is 11.8. The molecule has 0 spiro atoms. The fourth-order valence-electron chi connectivity index (χ4n) is 6.68. The van der Waals surface area contributed by atoms with Gasteiger partial charge in [0.15, 0.2) is 17.5 Å². The van der Waals surface area contributed by atoms with Crippen molar-refractivity contribution < 1.29 is 0 Å². The van der Waals surface area contributed by atoms with Crippen LogP contribution in [0.5, 0.6) is 0 Å². The highest BCUT2D eigenvalue weighted by atomic mass is 32.1. The molecule has 0 amide bonds. The molecule has 0 bridgehead atoms. The summed E-state index contributed by atoms with van der Waals surface area (Å²) >= 11 is 3.58. The highest BCUT2D eigenvalue weighted by molar-refractivity contribution is 7.26. The van der Waals surface area contributed by atoms with Crippen molar-refractivity contribution >= 4 is 73.9 Å². The lowest BCUT2D eigenvalue weighted by molar-refractivity contribution is 1.08. The molecule has 10 rings (SSSR count). The fraction of sp³-hybridized carbons (Fsp3) is 0. The third-order valence-corrected chi connectivity index (χ3v) is 11.3. The van der Waals surface area contributed by atoms with Crippen molar-refractivity contribution in [1.82, 2.24) is 19.9 Å². The van der Waals surface area contributed by atoms with E-state index in [1.54, 1.807) is 22.7 Å². The maximum atomic E-state index is 5.19. The van der Waals surface area contributed by atoms with E-state index in [2.05, 4.69) is 121 Å². The van der Waals surface area contributed by atoms with Gasteiger partial charge in [-0.3, -0.25) is 0 Å². The highest BCUT2D eigenvalue weighted by Crippen LogP contribution is 2.44. The molecule has 6 aromatic carbocycles. The molecule has 0 aliphatic carbocycles. The molecule has 4 aromatic heterocycles. The van der Waals surface area contributed by atoms with Gasteiger partial charge in [0.2, 0.25) is 0 Å². The first-order valence-electron chi connectivity index (χ1n) is 15.8. The summed E-state index contributed by atoms with van der Waals surface area (Å²) in [6.07, 6.45) is 0. The first-order chi connectivity index (χ1) is 23.8. The van der Waals surface area contributed by atoms with Crippen LogP contribution in [-0.2, 0) is 0 Å². The number of nitrogens with zero attached hydrogens (tertiary/aromatic N) is 4. The standard InChI is InChI=1S/C42H24N4S2/c1-3-12-25(13-4-1)37-39-36(30-17-7-9-20-33(30)43-37)32-24-27(22-23-35(32)48-39)41-44-40(26-14-5-2-6-15-26)45-42(46-41)31-19-11-18-29-28-16-8-10-21-34(28)47-38(29)31/h1-24H. The Bertz CT molecular complexity index is 2840. The van der Waals surface area contributed by atoms with Crippen LogP contribution in [0.1, 0.15) is 0 Å². The number of hydrogen-bond donors (Lipinski definition) is 0. The van der Waals surface area contributed by atoms with Gasteiger partial charge in [-0.15, -0.1) is 22.7 Å². The molecule has 0 saturated heterocycles. The van der Waals surface area contributed by atoms with Gasteiger partial charge in [0, 0.05) is 63.3 Å². The molecule has 6 heteroatoms. The molecule has 0 aliphatic rings. The van der Waals surface area contributed by atoms with Gasteiger partial charge in [0.25, 0.3) is 0 Å². The topological polar surface area (TPSA) is 51.6 Å². The van der Waals surface area contributed by atoms with E-state index < -0.39 is 0 Å². The Labute approximate surface area is 283 Å². The van der Waals surface area contributed by atoms with Gasteiger partial charge in [-0.25, -0.2) is 19.9 Å². The largest absolute Gasteiger partial charge is 0.246 e. The average molecular weight is 649 g/mol. The van der Waals surface area contributed by atoms with Crippen molar-refractivity contribution in [3.05, 3.63) is 146 Å². The van der Waals surface area contributed by atoms with E-state index in [1.807, 2.05) is 24.3 Å². The second kappa shape index (κ2) is 10.9. The number of fused-ring (bicyclic) bond motifs is 8. The van der Waals surface area contributed by atoms with E-state index in [-0.39, 0.29) is 0 Å². The quantitative estimate of drug-likeness (QED) is 0.191. The SMILES string of the molecule is c1ccc(-c2nc(-c3ccc4sc5c(-c6ccccc6)nc6ccccc6c5c4c3)nc(-c3cccc4c3sc3ccccc34)n2)cc1. The number of benzene rings is 6. The number of para-hydroxylation sites is 1. The predicted molar refractivity (Wildman–Crippen MR) is 203 cm³/mol. The monoisotopic (exact) mass is 648 g/mol. The lowest BCUT2D eigenvalue weighted by Gasteiger charge is -2.10. The number of thiophene rings is 2. The molecule has 0 N–H and O–H groups in total. The molecule has 4 heterocycles. The van der Waals surface area contributed by atoms with Gasteiger partial charge < -0.3 is 0 Å². The summed E-state index contributed by atoms with van der Waals surface area (Å²) in [6.45, 7) is 0. The molecule has 0 fully saturated rings. The van der Waals surface area contributed by atoms with E-state index in [1.165, 1.54) is 40.3 Å². The van der Waals surface area contributed by atoms with Gasteiger partial charge in [0.05, 0.1) is 15.9 Å². The van der Waals surface area contributed by atoms with Crippen LogP contribution in [0.3, 0.4) is 0 Å². The molecule has 0 aliphatic heterocycles. The summed E-state index contributed by atoms with van der Waals surface area (Å²) in [4.78, 5) is 20.5. The van der Waals surface area contributed by atoms with Crippen LogP contribution >= 0.6 is 22.7 Å². The smallest absolute Gasteiger partial charge is 0.165 e. The Morgan fingerprint density at radius 1 is 0.375 bits per heavy atom. The molecular formula is C42H24N4S2. The lowest BCUT2D eigenvalue weighted by Crippen LogP contribution is -2.00. The summed E-state index contributed by atoms with van der Waals surface area (Å²) in [5.41, 5.74) is 6.04. The van der Waals surface area contributed by atoms with E-state index >= 15 is 0 Å². The second-order valence-corrected chi connectivity index (χ2v) is 13.9. The van der Waals surface area contributed by atoms with Gasteiger partial charge in [0.1, 0.15) is 0 Å². The summed E-state index contributed by atoms with van der Waals surface area (Å²) in [5, 5.41) is 6.01. The van der Waals surface area contributed by atoms with Crippen molar-refractivity contribution in [3.8, 4) is 45.4 Å². The fourth-order valence-corrected chi connectivity index (χ4v) is 9.10. The zero-order valence-electron chi connectivity index (χ0n) is 25.5. The normalized spacial score (nSPS) is 11.8. The molecular weight excluding hydrogens is 625 g/mol. The van der Waals surface area contributed by atoms with Gasteiger partial charge >= 0.3 is 0 Å². The van der Waals surface area contributed by atoms with Gasteiger partial charge in [-0.2, -0.15) is 0 Å². The molecule has 0 atom stereocenters. The third kappa shape index (κ3) is 4.34. The molecule has 48 heavy (non-hydrogen) atoms. The molecule has 0 unspecified atom stereocenters. The Balaban J connectivity index is 1.23. The van der Waals surface area contributed by atoms with E-state index in [0.717, 1.165) is 38.9 Å². The lowest BCUT2D eigenvalue weighted by atomic mass is 10.0. The summed E-state index contributed by atoms with van der Waals surface area (Å²) < 4.78 is 4.83. The number of pyridine rings is 1. The molecule has 10 aromatic rings. The first-order valence-corrected chi connectivity index (χ1v) is 17.4. The van der Waals surface area contributed by atoms with Gasteiger partial charge in [-0.1, -0.05) is 109 Å². The molecule has 0 saturated carbocycles. The molecule has 0 radical (unpaired) electrons. The Hall–Kier alpha value is -5.82. The van der Waals surface area contributed by atoms with Crippen molar-refractivity contribution in [2.24, 2.45) is 0 Å². The van der Waals surface area contributed by atoms with Crippen LogP contribution in [0.4, 0.5) is 0 Å². The number of aromatic nitrogens is 4. The third-order valence-electron chi connectivity index (χ3n) is 8.93. The van der Waals surface area contributed by atoms with Crippen LogP contribution in [0, 0.1) is 0 Å². The van der Waals surface area contributed by atoms with Crippen molar-refractivity contribution in [2.75, 3.05) is 0 Å². The summed E-state index contributed by atoms with van der Waals surface area (Å²) in [7, 11) is 0. The van der Waals surface area contributed by atoms with Gasteiger partial charge in [-0.05, 0) is 36.4 Å². The van der Waals surface area contributed by atoms with E-state index in [4.69, 9.17) is 19.9 Å². The summed E-state index contributed by atoms with van der Waals surface area (Å²) in [6, 6.07) is 50.7. The Morgan fingerprint density at radius 3 is 1.83 bits per heavy atom. The first kappa shape index (κ1) is 27.3. The van der Waals surface area contributed by atoms with Crippen LogP contribution < -0.4 is 0 Å². The van der Waals surface area contributed by atoms with Crippen molar-refractivity contribution in [2.45, 2.75) is 0 Å². The minimum atomic E-state index is 0.653. The average Bonchev–Trinajstić information content (AvgIpc) is 3.74. The summed E-state index contributed by atoms with van der Waals surface area (Å²) in [5.74, 6) is 1.98.